The monoisotopic (exact) mass is 562 g/mol. The molecule has 2 fully saturated rings. The molecule has 2 aliphatic rings. The molecule has 0 unspecified atom stereocenters. The Hall–Kier alpha value is -2.91. The van der Waals surface area contributed by atoms with E-state index in [1.165, 1.54) is 11.1 Å². The van der Waals surface area contributed by atoms with Gasteiger partial charge in [-0.3, -0.25) is 9.59 Å². The summed E-state index contributed by atoms with van der Waals surface area (Å²) in [5.74, 6) is -0.745. The maximum Gasteiger partial charge on any atom is 0.345 e. The Morgan fingerprint density at radius 2 is 1.79 bits per heavy atom. The fourth-order valence-electron chi connectivity index (χ4n) is 4.37. The van der Waals surface area contributed by atoms with Crippen LogP contribution in [0.4, 0.5) is 29.3 Å². The highest BCUT2D eigenvalue weighted by molar-refractivity contribution is 5.98. The Morgan fingerprint density at radius 3 is 2.44 bits per heavy atom. The van der Waals surface area contributed by atoms with Gasteiger partial charge >= 0.3 is 13.2 Å². The predicted octanol–water partition coefficient (Wildman–Crippen LogP) is 2.73. The van der Waals surface area contributed by atoms with Gasteiger partial charge in [0.05, 0.1) is 12.7 Å². The number of aromatic nitrogens is 2. The molecular weight excluding hydrogens is 528 g/mol. The maximum absolute atomic E-state index is 13.1. The van der Waals surface area contributed by atoms with Crippen LogP contribution in [-0.4, -0.2) is 95.7 Å². The number of carbonyl (C=O) groups excluding carboxylic acids is 2. The third-order valence-electron chi connectivity index (χ3n) is 6.53. The van der Waals surface area contributed by atoms with Crippen LogP contribution >= 0.6 is 0 Å². The molecule has 0 aromatic carbocycles. The zero-order chi connectivity index (χ0) is 28.4. The lowest BCUT2D eigenvalue weighted by Gasteiger charge is -2.32. The minimum absolute atomic E-state index is 0.0842. The van der Waals surface area contributed by atoms with Gasteiger partial charge < -0.3 is 30.1 Å². The molecule has 0 radical (unpaired) electrons. The highest BCUT2D eigenvalue weighted by Crippen LogP contribution is 2.25. The summed E-state index contributed by atoms with van der Waals surface area (Å²) in [7, 11) is 0. The number of ether oxygens (including phenoxy) is 2. The number of anilines is 1. The molecule has 3 rings (SSSR count). The van der Waals surface area contributed by atoms with Crippen molar-refractivity contribution in [3.8, 4) is 0 Å². The molecule has 0 spiro atoms. The number of aliphatic hydroxyl groups is 1. The molecule has 1 aromatic heterocycles. The molecule has 1 aromatic rings. The molecule has 218 valence electrons. The molecule has 39 heavy (non-hydrogen) atoms. The van der Waals surface area contributed by atoms with Crippen molar-refractivity contribution in [3.05, 3.63) is 11.8 Å². The van der Waals surface area contributed by atoms with Crippen molar-refractivity contribution in [2.75, 3.05) is 31.6 Å². The van der Waals surface area contributed by atoms with Crippen molar-refractivity contribution >= 4 is 29.8 Å². The number of nitrogens with one attached hydrogen (secondary N) is 2. The van der Waals surface area contributed by atoms with E-state index in [1.807, 2.05) is 0 Å². The molecule has 11 nitrogen and oxygen atoms in total. The first-order valence-electron chi connectivity index (χ1n) is 12.8. The van der Waals surface area contributed by atoms with E-state index in [4.69, 9.17) is 0 Å². The fraction of sp³-hybridized carbons (Fsp3) is 0.708. The predicted molar refractivity (Wildman–Crippen MR) is 132 cm³/mol. The second-order valence-corrected chi connectivity index (χ2v) is 9.62. The zero-order valence-electron chi connectivity index (χ0n) is 21.6. The summed E-state index contributed by atoms with van der Waals surface area (Å²) < 4.78 is 57.4. The van der Waals surface area contributed by atoms with Gasteiger partial charge in [0.25, 0.3) is 5.91 Å². The third-order valence-corrected chi connectivity index (χ3v) is 6.53. The first-order valence-corrected chi connectivity index (χ1v) is 12.8. The van der Waals surface area contributed by atoms with Crippen molar-refractivity contribution < 1.29 is 41.7 Å². The van der Waals surface area contributed by atoms with E-state index < -0.39 is 37.7 Å². The van der Waals surface area contributed by atoms with E-state index >= 15 is 0 Å². The van der Waals surface area contributed by atoms with Crippen molar-refractivity contribution in [1.82, 2.24) is 20.2 Å². The summed E-state index contributed by atoms with van der Waals surface area (Å²) in [5, 5.41) is 15.5. The minimum Gasteiger partial charge on any atom is -0.393 e. The number of nitrogens with zero attached hydrogens (tertiary/aromatic N) is 4. The van der Waals surface area contributed by atoms with E-state index in [0.29, 0.717) is 25.7 Å². The van der Waals surface area contributed by atoms with E-state index in [9.17, 15) is 32.3 Å². The zero-order valence-corrected chi connectivity index (χ0v) is 21.6. The minimum atomic E-state index is -3.02. The molecule has 1 atom stereocenters. The average molecular weight is 563 g/mol. The van der Waals surface area contributed by atoms with Crippen molar-refractivity contribution in [1.29, 1.82) is 0 Å². The highest BCUT2D eigenvalue weighted by atomic mass is 19.3. The van der Waals surface area contributed by atoms with Crippen LogP contribution in [0.3, 0.4) is 0 Å². The lowest BCUT2D eigenvalue weighted by atomic mass is 9.88. The number of aliphatic imine (C=N–C) groups is 1. The van der Waals surface area contributed by atoms with Gasteiger partial charge in [-0.2, -0.15) is 22.5 Å². The smallest absolute Gasteiger partial charge is 0.345 e. The second-order valence-electron chi connectivity index (χ2n) is 9.62. The summed E-state index contributed by atoms with van der Waals surface area (Å²) in [6.07, 6.45) is 6.27. The van der Waals surface area contributed by atoms with E-state index in [0.717, 1.165) is 12.8 Å². The number of alkyl halides is 4. The lowest BCUT2D eigenvalue weighted by Crippen LogP contribution is -2.47. The third kappa shape index (κ3) is 10.3. The summed E-state index contributed by atoms with van der Waals surface area (Å²) in [6.45, 7) is -4.78. The van der Waals surface area contributed by atoms with Crippen LogP contribution in [0.15, 0.2) is 11.2 Å². The SMILES string of the molecule is C[C@@H](COC(F)F)Nc1ncc(C(=O)NC2CCN(C(=O)COC(F)F)CC2)c(N=CC2CCC(O)CC2)n1. The van der Waals surface area contributed by atoms with E-state index in [1.54, 1.807) is 13.1 Å². The molecule has 3 N–H and O–H groups in total. The van der Waals surface area contributed by atoms with E-state index in [-0.39, 0.29) is 55.1 Å². The molecule has 15 heteroatoms. The molecule has 1 aliphatic heterocycles. The van der Waals surface area contributed by atoms with Crippen LogP contribution in [0.5, 0.6) is 0 Å². The maximum atomic E-state index is 13.1. The number of amides is 2. The standard InChI is InChI=1S/C24H34F4N6O5/c1-14(12-38-22(25)26)31-24-30-11-18(20(33-24)29-10-15-2-4-17(35)5-3-15)21(37)32-16-6-8-34(9-7-16)19(36)13-39-23(27)28/h10-11,14-17,22-23,35H,2-9,12-13H2,1H3,(H,32,37)(H,30,31,33)/t14-,15?,17?/m0/s1. The van der Waals surface area contributed by atoms with Crippen molar-refractivity contribution in [2.24, 2.45) is 10.9 Å². The number of carbonyl (C=O) groups is 2. The van der Waals surface area contributed by atoms with Gasteiger partial charge in [0.2, 0.25) is 11.9 Å². The molecule has 0 bridgehead atoms. The van der Waals surface area contributed by atoms with Gasteiger partial charge in [0.15, 0.2) is 5.82 Å². The fourth-order valence-corrected chi connectivity index (χ4v) is 4.37. The summed E-state index contributed by atoms with van der Waals surface area (Å²) in [4.78, 5) is 39.4. The van der Waals surface area contributed by atoms with Gasteiger partial charge in [0, 0.05) is 37.6 Å². The summed E-state index contributed by atoms with van der Waals surface area (Å²) >= 11 is 0. The quantitative estimate of drug-likeness (QED) is 0.261. The van der Waals surface area contributed by atoms with Gasteiger partial charge in [-0.1, -0.05) is 0 Å². The Bertz CT molecular complexity index is 972. The molecule has 1 aliphatic carbocycles. The van der Waals surface area contributed by atoms with Gasteiger partial charge in [-0.15, -0.1) is 0 Å². The number of rotatable bonds is 12. The molecule has 1 saturated heterocycles. The number of halogens is 4. The largest absolute Gasteiger partial charge is 0.393 e. The van der Waals surface area contributed by atoms with Crippen LogP contribution in [0, 0.1) is 5.92 Å². The Balaban J connectivity index is 1.65. The molecule has 1 saturated carbocycles. The van der Waals surface area contributed by atoms with E-state index in [2.05, 4.69) is 35.1 Å². The van der Waals surface area contributed by atoms with Gasteiger partial charge in [-0.05, 0) is 51.4 Å². The molecular formula is C24H34F4N6O5. The molecule has 2 heterocycles. The highest BCUT2D eigenvalue weighted by Gasteiger charge is 2.26. The lowest BCUT2D eigenvalue weighted by molar-refractivity contribution is -0.160. The van der Waals surface area contributed by atoms with Crippen LogP contribution in [0.1, 0.15) is 55.8 Å². The Labute approximate surface area is 223 Å². The number of piperidine rings is 1. The van der Waals surface area contributed by atoms with Gasteiger partial charge in [-0.25, -0.2) is 9.98 Å². The first-order chi connectivity index (χ1) is 18.6. The van der Waals surface area contributed by atoms with Crippen LogP contribution in [0.2, 0.25) is 0 Å². The Kier molecular flexibility index (Phi) is 11.8. The average Bonchev–Trinajstić information content (AvgIpc) is 2.90. The topological polar surface area (TPSA) is 138 Å². The Morgan fingerprint density at radius 1 is 1.13 bits per heavy atom. The van der Waals surface area contributed by atoms with Crippen molar-refractivity contribution in [3.63, 3.8) is 0 Å². The van der Waals surface area contributed by atoms with Crippen LogP contribution < -0.4 is 10.6 Å². The summed E-state index contributed by atoms with van der Waals surface area (Å²) in [6, 6.07) is -0.826. The van der Waals surface area contributed by atoms with Crippen LogP contribution in [-0.2, 0) is 14.3 Å². The number of hydrogen-bond acceptors (Lipinski definition) is 9. The first kappa shape index (κ1) is 30.6. The van der Waals surface area contributed by atoms with Gasteiger partial charge in [0.1, 0.15) is 12.2 Å². The van der Waals surface area contributed by atoms with Crippen molar-refractivity contribution in [2.45, 2.75) is 76.9 Å². The molecule has 2 amide bonds. The van der Waals surface area contributed by atoms with Crippen LogP contribution in [0.25, 0.3) is 0 Å². The number of hydrogen-bond donors (Lipinski definition) is 3. The second kappa shape index (κ2) is 15.0. The summed E-state index contributed by atoms with van der Waals surface area (Å²) in [5.41, 5.74) is 0.105. The number of likely N-dealkylation sites (tertiary alicyclic amines) is 1. The normalized spacial score (nSPS) is 21.5. The number of aliphatic hydroxyl groups excluding tert-OH is 1.